The van der Waals surface area contributed by atoms with Gasteiger partial charge in [0.05, 0.1) is 44.7 Å². The standard InChI is InChI=1S/C48H78O18/c1-22-31(54)38(65-40-36(59)34(57)32(55)25(18-49)62-40)39(66-41-37(60)35(58)33(56)26(19-50)63-41)42(61-22)64-30-11-12-44(4)27(45(30,5)20-51)10-13-46(6)28(44)9-8-23-24-16-43(2,3)14-15-48(24,21-52)29(53)17-47(23,46)7/h8-9,22,25-42,49-60H,10-21H2,1-7H3. The first-order valence-corrected chi connectivity index (χ1v) is 24.1. The van der Waals surface area contributed by atoms with E-state index in [1.807, 2.05) is 6.92 Å². The van der Waals surface area contributed by atoms with Crippen molar-refractivity contribution < 1.29 is 89.7 Å². The van der Waals surface area contributed by atoms with Crippen molar-refractivity contribution in [2.75, 3.05) is 26.4 Å². The predicted molar refractivity (Wildman–Crippen MR) is 231 cm³/mol. The molecule has 0 radical (unpaired) electrons. The van der Waals surface area contributed by atoms with Crippen LogP contribution in [0.2, 0.25) is 0 Å². The monoisotopic (exact) mass is 943 g/mol. The van der Waals surface area contributed by atoms with Crippen molar-refractivity contribution in [1.82, 2.24) is 0 Å². The summed E-state index contributed by atoms with van der Waals surface area (Å²) < 4.78 is 37.1. The maximum atomic E-state index is 12.1. The Labute approximate surface area is 387 Å². The van der Waals surface area contributed by atoms with E-state index in [0.29, 0.717) is 25.7 Å². The van der Waals surface area contributed by atoms with E-state index in [2.05, 4.69) is 46.8 Å². The molecule has 0 amide bonds. The molecule has 8 rings (SSSR count). The average molecular weight is 943 g/mol. The van der Waals surface area contributed by atoms with E-state index in [1.165, 1.54) is 11.1 Å². The van der Waals surface area contributed by atoms with Gasteiger partial charge in [0.1, 0.15) is 67.1 Å². The molecule has 66 heavy (non-hydrogen) atoms. The Bertz CT molecular complexity index is 1810. The van der Waals surface area contributed by atoms with Crippen molar-refractivity contribution in [2.45, 2.75) is 204 Å². The summed E-state index contributed by atoms with van der Waals surface area (Å²) in [5.41, 5.74) is -0.168. The summed E-state index contributed by atoms with van der Waals surface area (Å²) in [6.45, 7) is 13.1. The van der Waals surface area contributed by atoms with Crippen LogP contribution in [-0.2, 0) is 28.4 Å². The van der Waals surface area contributed by atoms with Gasteiger partial charge < -0.3 is 89.7 Å². The fourth-order valence-electron chi connectivity index (χ4n) is 14.5. The first kappa shape index (κ1) is 51.1. The number of ether oxygens (including phenoxy) is 6. The third-order valence-corrected chi connectivity index (χ3v) is 19.0. The van der Waals surface area contributed by atoms with E-state index in [9.17, 15) is 61.3 Å². The molecule has 12 N–H and O–H groups in total. The van der Waals surface area contributed by atoms with Gasteiger partial charge in [0.15, 0.2) is 18.9 Å². The van der Waals surface area contributed by atoms with Crippen LogP contribution in [0.1, 0.15) is 99.8 Å². The minimum atomic E-state index is -1.89. The van der Waals surface area contributed by atoms with E-state index in [1.54, 1.807) is 6.92 Å². The minimum absolute atomic E-state index is 0.0262. The molecular weight excluding hydrogens is 865 g/mol. The molecule has 24 unspecified atom stereocenters. The van der Waals surface area contributed by atoms with E-state index >= 15 is 0 Å². The number of rotatable bonds is 10. The summed E-state index contributed by atoms with van der Waals surface area (Å²) >= 11 is 0. The second kappa shape index (κ2) is 18.1. The lowest BCUT2D eigenvalue weighted by atomic mass is 9.35. The number of fused-ring (bicyclic) bond motifs is 6. The Balaban J connectivity index is 1.12. The molecule has 0 spiro atoms. The molecule has 0 aromatic heterocycles. The summed E-state index contributed by atoms with van der Waals surface area (Å²) in [6.07, 6.45) is -15.5. The molecule has 0 aromatic carbocycles. The molecule has 18 nitrogen and oxygen atoms in total. The Morgan fingerprint density at radius 3 is 1.77 bits per heavy atom. The second-order valence-corrected chi connectivity index (χ2v) is 23.1. The Kier molecular flexibility index (Phi) is 14.0. The van der Waals surface area contributed by atoms with Crippen molar-refractivity contribution in [3.63, 3.8) is 0 Å². The number of aliphatic hydroxyl groups excluding tert-OH is 12. The van der Waals surface area contributed by atoms with Crippen LogP contribution in [-0.4, -0.2) is 192 Å². The number of aliphatic hydroxyl groups is 12. The fourth-order valence-corrected chi connectivity index (χ4v) is 14.5. The molecule has 378 valence electrons. The van der Waals surface area contributed by atoms with Crippen LogP contribution < -0.4 is 0 Å². The van der Waals surface area contributed by atoms with Gasteiger partial charge in [0.25, 0.3) is 0 Å². The molecule has 24 atom stereocenters. The smallest absolute Gasteiger partial charge is 0.187 e. The molecular formula is C48H78O18. The zero-order valence-electron chi connectivity index (χ0n) is 39.4. The SMILES string of the molecule is CC1OC(OC2CCC3(C)C(CCC4(C)C3C=CC3=C5CC(C)(C)CCC5(CO)C(O)CC34C)C2(C)CO)C(OC2OC(CO)C(O)C(O)C2O)C(OC2OC(CO)C(O)C(O)C2O)C1O. The lowest BCUT2D eigenvalue weighted by Crippen LogP contribution is -2.68. The normalized spacial score (nSPS) is 54.8. The highest BCUT2D eigenvalue weighted by atomic mass is 16.8. The summed E-state index contributed by atoms with van der Waals surface area (Å²) in [7, 11) is 0. The number of hydrogen-bond acceptors (Lipinski definition) is 18. The minimum Gasteiger partial charge on any atom is -0.396 e. The topological polar surface area (TPSA) is 298 Å². The van der Waals surface area contributed by atoms with E-state index < -0.39 is 134 Å². The third kappa shape index (κ3) is 7.75. The van der Waals surface area contributed by atoms with Crippen LogP contribution >= 0.6 is 0 Å². The van der Waals surface area contributed by atoms with Gasteiger partial charge in [-0.3, -0.25) is 0 Å². The molecule has 3 heterocycles. The molecule has 6 fully saturated rings. The van der Waals surface area contributed by atoms with Gasteiger partial charge in [-0.25, -0.2) is 0 Å². The number of allylic oxidation sites excluding steroid dienone is 3. The summed E-state index contributed by atoms with van der Waals surface area (Å²) in [5, 5.41) is 131. The van der Waals surface area contributed by atoms with Gasteiger partial charge in [0, 0.05) is 16.2 Å². The molecule has 0 aromatic rings. The molecule has 0 bridgehead atoms. The van der Waals surface area contributed by atoms with Crippen molar-refractivity contribution in [1.29, 1.82) is 0 Å². The van der Waals surface area contributed by atoms with Crippen LogP contribution in [0.5, 0.6) is 0 Å². The average Bonchev–Trinajstić information content (AvgIpc) is 3.27. The first-order valence-electron chi connectivity index (χ1n) is 24.1. The maximum absolute atomic E-state index is 12.1. The quantitative estimate of drug-likeness (QED) is 0.123. The largest absolute Gasteiger partial charge is 0.396 e. The van der Waals surface area contributed by atoms with Crippen molar-refractivity contribution in [3.8, 4) is 0 Å². The van der Waals surface area contributed by atoms with Gasteiger partial charge in [-0.05, 0) is 91.9 Å². The molecule has 8 aliphatic rings. The highest BCUT2D eigenvalue weighted by Gasteiger charge is 2.69. The zero-order valence-corrected chi connectivity index (χ0v) is 39.4. The van der Waals surface area contributed by atoms with Gasteiger partial charge in [-0.15, -0.1) is 0 Å². The Hall–Kier alpha value is -1.24. The predicted octanol–water partition coefficient (Wildman–Crippen LogP) is -0.495. The molecule has 3 saturated heterocycles. The highest BCUT2D eigenvalue weighted by Crippen LogP contribution is 2.74. The van der Waals surface area contributed by atoms with Gasteiger partial charge >= 0.3 is 0 Å². The summed E-state index contributed by atoms with van der Waals surface area (Å²) in [6, 6.07) is 0. The number of hydrogen-bond donors (Lipinski definition) is 12. The van der Waals surface area contributed by atoms with Crippen LogP contribution in [0.15, 0.2) is 23.3 Å². The van der Waals surface area contributed by atoms with E-state index in [-0.39, 0.29) is 41.3 Å². The van der Waals surface area contributed by atoms with Crippen molar-refractivity contribution in [3.05, 3.63) is 23.3 Å². The molecule has 18 heteroatoms. The molecule has 3 saturated carbocycles. The summed E-state index contributed by atoms with van der Waals surface area (Å²) in [4.78, 5) is 0. The highest BCUT2D eigenvalue weighted by molar-refractivity contribution is 5.47. The van der Waals surface area contributed by atoms with Crippen LogP contribution in [0.4, 0.5) is 0 Å². The lowest BCUT2D eigenvalue weighted by molar-refractivity contribution is -0.398. The maximum Gasteiger partial charge on any atom is 0.187 e. The van der Waals surface area contributed by atoms with E-state index in [0.717, 1.165) is 25.7 Å². The Morgan fingerprint density at radius 2 is 1.21 bits per heavy atom. The zero-order chi connectivity index (χ0) is 48.3. The second-order valence-electron chi connectivity index (χ2n) is 23.1. The van der Waals surface area contributed by atoms with Crippen LogP contribution in [0.3, 0.4) is 0 Å². The van der Waals surface area contributed by atoms with Gasteiger partial charge in [-0.1, -0.05) is 59.3 Å². The van der Waals surface area contributed by atoms with Gasteiger partial charge in [-0.2, -0.15) is 0 Å². The third-order valence-electron chi connectivity index (χ3n) is 19.0. The fraction of sp³-hybridized carbons (Fsp3) is 0.917. The van der Waals surface area contributed by atoms with Crippen LogP contribution in [0.25, 0.3) is 0 Å². The van der Waals surface area contributed by atoms with Crippen molar-refractivity contribution in [2.24, 2.45) is 44.3 Å². The van der Waals surface area contributed by atoms with Crippen LogP contribution in [0, 0.1) is 44.3 Å². The molecule has 5 aliphatic carbocycles. The van der Waals surface area contributed by atoms with Crippen molar-refractivity contribution >= 4 is 0 Å². The summed E-state index contributed by atoms with van der Waals surface area (Å²) in [5.74, 6) is -0.0689. The van der Waals surface area contributed by atoms with E-state index in [4.69, 9.17) is 28.4 Å². The lowest BCUT2D eigenvalue weighted by Gasteiger charge is -2.70. The first-order chi connectivity index (χ1) is 30.9. The van der Waals surface area contributed by atoms with Gasteiger partial charge in [0.2, 0.25) is 0 Å². The molecule has 3 aliphatic heterocycles. The Morgan fingerprint density at radius 1 is 0.621 bits per heavy atom.